The van der Waals surface area contributed by atoms with Crippen LogP contribution in [-0.2, 0) is 0 Å². The predicted molar refractivity (Wildman–Crippen MR) is 91.9 cm³/mol. The average Bonchev–Trinajstić information content (AvgIpc) is 2.56. The molecule has 0 unspecified atom stereocenters. The minimum Gasteiger partial charge on any atom is -0.506 e. The Labute approximate surface area is 137 Å². The smallest absolute Gasteiger partial charge is 0.143 e. The third-order valence-electron chi connectivity index (χ3n) is 3.18. The Bertz CT molecular complexity index is 799. The molecule has 0 amide bonds. The van der Waals surface area contributed by atoms with Crippen molar-refractivity contribution in [2.45, 2.75) is 0 Å². The maximum Gasteiger partial charge on any atom is 0.143 e. The highest BCUT2D eigenvalue weighted by molar-refractivity contribution is 9.10. The maximum absolute atomic E-state index is 9.94. The number of benzene rings is 3. The van der Waals surface area contributed by atoms with Gasteiger partial charge in [0.05, 0.1) is 5.69 Å². The molecular weight excluding hydrogens is 340 g/mol. The van der Waals surface area contributed by atoms with Crippen LogP contribution in [-0.4, -0.2) is 5.11 Å². The molecule has 3 rings (SSSR count). The summed E-state index contributed by atoms with van der Waals surface area (Å²) >= 11 is 3.38. The van der Waals surface area contributed by atoms with Crippen LogP contribution in [0.4, 0.5) is 11.4 Å². The molecule has 0 aliphatic heterocycles. The fraction of sp³-hybridized carbons (Fsp3) is 0. The lowest BCUT2D eigenvalue weighted by molar-refractivity contribution is 0.476. The number of hydrogen-bond donors (Lipinski definition) is 1. The van der Waals surface area contributed by atoms with E-state index < -0.39 is 0 Å². The average molecular weight is 353 g/mol. The van der Waals surface area contributed by atoms with Crippen LogP contribution in [0.3, 0.4) is 0 Å². The van der Waals surface area contributed by atoms with E-state index in [4.69, 9.17) is 0 Å². The Hall–Kier alpha value is -2.46. The fourth-order valence-electron chi connectivity index (χ4n) is 2.03. The molecule has 22 heavy (non-hydrogen) atoms. The molecule has 3 aromatic carbocycles. The van der Waals surface area contributed by atoms with Gasteiger partial charge in [-0.25, -0.2) is 0 Å². The van der Waals surface area contributed by atoms with Crippen LogP contribution >= 0.6 is 15.9 Å². The quantitative estimate of drug-likeness (QED) is 0.557. The molecule has 0 bridgehead atoms. The van der Waals surface area contributed by atoms with Gasteiger partial charge in [-0.05, 0) is 47.5 Å². The molecule has 0 spiro atoms. The summed E-state index contributed by atoms with van der Waals surface area (Å²) in [6.45, 7) is 0. The van der Waals surface area contributed by atoms with Crippen molar-refractivity contribution in [1.82, 2.24) is 0 Å². The lowest BCUT2D eigenvalue weighted by Crippen LogP contribution is -1.77. The van der Waals surface area contributed by atoms with Gasteiger partial charge in [0.1, 0.15) is 11.4 Å². The normalized spacial score (nSPS) is 11.0. The van der Waals surface area contributed by atoms with Gasteiger partial charge >= 0.3 is 0 Å². The molecule has 0 atom stereocenters. The summed E-state index contributed by atoms with van der Waals surface area (Å²) in [5.41, 5.74) is 3.24. The summed E-state index contributed by atoms with van der Waals surface area (Å²) in [5.74, 6) is 0.112. The van der Waals surface area contributed by atoms with E-state index in [1.54, 1.807) is 6.07 Å². The summed E-state index contributed by atoms with van der Waals surface area (Å²) < 4.78 is 0.986. The standard InChI is InChI=1S/C18H13BrN2O/c19-15-7-9-16(10-8-15)20-21-17-12-14(6-11-18(17)22)13-4-2-1-3-5-13/h1-12,22H. The molecule has 0 radical (unpaired) electrons. The summed E-state index contributed by atoms with van der Waals surface area (Å²) in [4.78, 5) is 0. The van der Waals surface area contributed by atoms with Gasteiger partial charge < -0.3 is 5.11 Å². The van der Waals surface area contributed by atoms with Gasteiger partial charge in [0.15, 0.2) is 0 Å². The number of nitrogens with zero attached hydrogens (tertiary/aromatic N) is 2. The zero-order valence-corrected chi connectivity index (χ0v) is 13.2. The molecular formula is C18H13BrN2O. The van der Waals surface area contributed by atoms with E-state index in [0.29, 0.717) is 5.69 Å². The number of rotatable bonds is 3. The van der Waals surface area contributed by atoms with Gasteiger partial charge in [0, 0.05) is 4.47 Å². The van der Waals surface area contributed by atoms with E-state index in [1.807, 2.05) is 66.7 Å². The number of phenols is 1. The second kappa shape index (κ2) is 6.54. The number of phenolic OH excluding ortho intramolecular Hbond substituents is 1. The zero-order valence-electron chi connectivity index (χ0n) is 11.6. The van der Waals surface area contributed by atoms with Gasteiger partial charge in [-0.2, -0.15) is 5.11 Å². The van der Waals surface area contributed by atoms with Crippen LogP contribution in [0.1, 0.15) is 0 Å². The molecule has 3 aromatic rings. The molecule has 1 N–H and O–H groups in total. The number of aromatic hydroxyl groups is 1. The first-order valence-electron chi connectivity index (χ1n) is 6.78. The summed E-state index contributed by atoms with van der Waals surface area (Å²) in [7, 11) is 0. The van der Waals surface area contributed by atoms with Crippen LogP contribution in [0, 0.1) is 0 Å². The van der Waals surface area contributed by atoms with Gasteiger partial charge in [0.25, 0.3) is 0 Å². The highest BCUT2D eigenvalue weighted by atomic mass is 79.9. The van der Waals surface area contributed by atoms with Crippen molar-refractivity contribution in [1.29, 1.82) is 0 Å². The van der Waals surface area contributed by atoms with E-state index in [2.05, 4.69) is 26.2 Å². The van der Waals surface area contributed by atoms with Crippen molar-refractivity contribution in [3.05, 3.63) is 77.3 Å². The topological polar surface area (TPSA) is 45.0 Å². The molecule has 0 aliphatic carbocycles. The minimum atomic E-state index is 0.112. The lowest BCUT2D eigenvalue weighted by atomic mass is 10.1. The molecule has 0 aliphatic rings. The second-order valence-electron chi connectivity index (χ2n) is 4.75. The first kappa shape index (κ1) is 14.5. The lowest BCUT2D eigenvalue weighted by Gasteiger charge is -2.04. The van der Waals surface area contributed by atoms with Crippen molar-refractivity contribution in [2.75, 3.05) is 0 Å². The van der Waals surface area contributed by atoms with Gasteiger partial charge in [-0.3, -0.25) is 0 Å². The molecule has 0 heterocycles. The Balaban J connectivity index is 1.92. The van der Waals surface area contributed by atoms with Crippen LogP contribution in [0.25, 0.3) is 11.1 Å². The first-order chi connectivity index (χ1) is 10.7. The largest absolute Gasteiger partial charge is 0.506 e. The molecule has 0 aromatic heterocycles. The number of azo groups is 1. The minimum absolute atomic E-state index is 0.112. The van der Waals surface area contributed by atoms with Gasteiger partial charge in [-0.15, -0.1) is 5.11 Å². The highest BCUT2D eigenvalue weighted by Crippen LogP contribution is 2.33. The molecule has 4 heteroatoms. The zero-order chi connectivity index (χ0) is 15.4. The fourth-order valence-corrected chi connectivity index (χ4v) is 2.30. The third-order valence-corrected chi connectivity index (χ3v) is 3.71. The van der Waals surface area contributed by atoms with Gasteiger partial charge in [-0.1, -0.05) is 52.3 Å². The van der Waals surface area contributed by atoms with Crippen LogP contribution < -0.4 is 0 Å². The second-order valence-corrected chi connectivity index (χ2v) is 5.66. The highest BCUT2D eigenvalue weighted by Gasteiger charge is 2.04. The number of hydrogen-bond acceptors (Lipinski definition) is 3. The van der Waals surface area contributed by atoms with Crippen molar-refractivity contribution in [2.24, 2.45) is 10.2 Å². The van der Waals surface area contributed by atoms with Crippen molar-refractivity contribution in [3.8, 4) is 16.9 Å². The Morgan fingerprint density at radius 1 is 0.727 bits per heavy atom. The van der Waals surface area contributed by atoms with Crippen molar-refractivity contribution >= 4 is 27.3 Å². The molecule has 0 saturated carbocycles. The predicted octanol–water partition coefficient (Wildman–Crippen LogP) is 6.24. The number of halogens is 1. The Morgan fingerprint density at radius 3 is 2.18 bits per heavy atom. The van der Waals surface area contributed by atoms with E-state index in [9.17, 15) is 5.11 Å². The van der Waals surface area contributed by atoms with E-state index in [1.165, 1.54) is 0 Å². The van der Waals surface area contributed by atoms with E-state index in [-0.39, 0.29) is 5.75 Å². The molecule has 0 saturated heterocycles. The maximum atomic E-state index is 9.94. The summed E-state index contributed by atoms with van der Waals surface area (Å²) in [6, 6.07) is 22.8. The van der Waals surface area contributed by atoms with Gasteiger partial charge in [0.2, 0.25) is 0 Å². The molecule has 3 nitrogen and oxygen atoms in total. The van der Waals surface area contributed by atoms with Crippen molar-refractivity contribution in [3.63, 3.8) is 0 Å². The SMILES string of the molecule is Oc1ccc(-c2ccccc2)cc1N=Nc1ccc(Br)cc1. The summed E-state index contributed by atoms with van der Waals surface area (Å²) in [5, 5.41) is 18.3. The first-order valence-corrected chi connectivity index (χ1v) is 7.57. The van der Waals surface area contributed by atoms with E-state index >= 15 is 0 Å². The Morgan fingerprint density at radius 2 is 1.45 bits per heavy atom. The van der Waals surface area contributed by atoms with E-state index in [0.717, 1.165) is 21.3 Å². The Kier molecular flexibility index (Phi) is 4.30. The van der Waals surface area contributed by atoms with Crippen LogP contribution in [0.2, 0.25) is 0 Å². The molecule has 0 fully saturated rings. The van der Waals surface area contributed by atoms with Crippen molar-refractivity contribution < 1.29 is 5.11 Å². The summed E-state index contributed by atoms with van der Waals surface area (Å²) in [6.07, 6.45) is 0. The van der Waals surface area contributed by atoms with Crippen LogP contribution in [0.5, 0.6) is 5.75 Å². The monoisotopic (exact) mass is 352 g/mol. The molecule has 108 valence electrons. The van der Waals surface area contributed by atoms with Crippen LogP contribution in [0.15, 0.2) is 87.5 Å². The third kappa shape index (κ3) is 3.40.